The highest BCUT2D eigenvalue weighted by Gasteiger charge is 2.29. The zero-order chi connectivity index (χ0) is 21.4. The molecule has 0 unspecified atom stereocenters. The van der Waals surface area contributed by atoms with Gasteiger partial charge in [-0.3, -0.25) is 4.90 Å². The molecule has 3 heterocycles. The third-order valence-corrected chi connectivity index (χ3v) is 7.97. The highest BCUT2D eigenvalue weighted by Crippen LogP contribution is 2.40. The molecule has 2 aromatic heterocycles. The van der Waals surface area contributed by atoms with Crippen LogP contribution in [0.1, 0.15) is 30.6 Å². The second-order valence-corrected chi connectivity index (χ2v) is 10.0. The Bertz CT molecular complexity index is 1190. The summed E-state index contributed by atoms with van der Waals surface area (Å²) in [5.74, 6) is 1.37. The van der Waals surface area contributed by atoms with Gasteiger partial charge >= 0.3 is 0 Å². The lowest BCUT2D eigenvalue weighted by Crippen LogP contribution is -2.45. The first-order chi connectivity index (χ1) is 15.1. The van der Waals surface area contributed by atoms with Crippen LogP contribution in [0.25, 0.3) is 21.0 Å². The number of aliphatic hydroxyl groups is 1. The van der Waals surface area contributed by atoms with E-state index in [9.17, 15) is 5.11 Å². The Kier molecular flexibility index (Phi) is 5.93. The van der Waals surface area contributed by atoms with E-state index in [4.69, 9.17) is 16.3 Å². The number of aliphatic hydroxyl groups excluding tert-OH is 1. The maximum Gasteiger partial charge on any atom is 0.128 e. The molecule has 0 bridgehead atoms. The van der Waals surface area contributed by atoms with Crippen molar-refractivity contribution in [2.45, 2.75) is 37.8 Å². The van der Waals surface area contributed by atoms with E-state index in [0.717, 1.165) is 41.1 Å². The van der Waals surface area contributed by atoms with Crippen molar-refractivity contribution in [3.63, 3.8) is 0 Å². The second kappa shape index (κ2) is 8.83. The number of hydrogen-bond acceptors (Lipinski definition) is 4. The van der Waals surface area contributed by atoms with Crippen LogP contribution in [0.2, 0.25) is 5.02 Å². The van der Waals surface area contributed by atoms with Gasteiger partial charge in [-0.2, -0.15) is 0 Å². The average Bonchev–Trinajstić information content (AvgIpc) is 3.41. The molecule has 4 aromatic rings. The number of ether oxygens (including phenoxy) is 1. The summed E-state index contributed by atoms with van der Waals surface area (Å²) in [5, 5.41) is 13.7. The van der Waals surface area contributed by atoms with Crippen LogP contribution in [0.4, 0.5) is 0 Å². The van der Waals surface area contributed by atoms with Gasteiger partial charge in [0.05, 0.1) is 0 Å². The fourth-order valence-electron chi connectivity index (χ4n) is 4.69. The minimum absolute atomic E-state index is 0.297. The van der Waals surface area contributed by atoms with E-state index in [0.29, 0.717) is 25.1 Å². The Morgan fingerprint density at radius 3 is 2.94 bits per heavy atom. The lowest BCUT2D eigenvalue weighted by Gasteiger charge is -2.38. The van der Waals surface area contributed by atoms with Gasteiger partial charge in [-0.05, 0) is 68.6 Å². The van der Waals surface area contributed by atoms with E-state index < -0.39 is 6.10 Å². The molecule has 2 aromatic carbocycles. The molecule has 0 radical (unpaired) electrons. The SMILES string of the molecule is C[C@@H]1C[C@@H](c2cc3c(Cl)cccc3s2)CCN1C[C@H](O)COc1cccc2[nH]ccc12. The maximum absolute atomic E-state index is 10.6. The fourth-order valence-corrected chi connectivity index (χ4v) is 6.21. The van der Waals surface area contributed by atoms with Crippen molar-refractivity contribution in [3.05, 3.63) is 64.6 Å². The van der Waals surface area contributed by atoms with Crippen molar-refractivity contribution < 1.29 is 9.84 Å². The molecule has 0 saturated carbocycles. The lowest BCUT2D eigenvalue weighted by molar-refractivity contribution is 0.0408. The number of likely N-dealkylation sites (tertiary alicyclic amines) is 1. The Hall–Kier alpha value is -2.05. The quantitative estimate of drug-likeness (QED) is 0.373. The normalized spacial score (nSPS) is 21.0. The molecule has 162 valence electrons. The van der Waals surface area contributed by atoms with E-state index in [1.165, 1.54) is 15.0 Å². The van der Waals surface area contributed by atoms with Gasteiger partial charge < -0.3 is 14.8 Å². The smallest absolute Gasteiger partial charge is 0.128 e. The van der Waals surface area contributed by atoms with Gasteiger partial charge in [-0.25, -0.2) is 0 Å². The van der Waals surface area contributed by atoms with Crippen LogP contribution < -0.4 is 4.74 Å². The van der Waals surface area contributed by atoms with Gasteiger partial charge in [0.2, 0.25) is 0 Å². The number of H-pyrrole nitrogens is 1. The summed E-state index contributed by atoms with van der Waals surface area (Å²) in [7, 11) is 0. The van der Waals surface area contributed by atoms with Crippen LogP contribution in [0.15, 0.2) is 54.7 Å². The van der Waals surface area contributed by atoms with Crippen molar-refractivity contribution >= 4 is 43.9 Å². The molecular weight excluding hydrogens is 428 g/mol. The molecule has 1 fully saturated rings. The van der Waals surface area contributed by atoms with Gasteiger partial charge in [0, 0.05) is 49.7 Å². The number of benzene rings is 2. The van der Waals surface area contributed by atoms with E-state index in [2.05, 4.69) is 28.9 Å². The summed E-state index contributed by atoms with van der Waals surface area (Å²) >= 11 is 8.24. The summed E-state index contributed by atoms with van der Waals surface area (Å²) in [4.78, 5) is 7.01. The number of aromatic amines is 1. The van der Waals surface area contributed by atoms with Gasteiger partial charge in [0.15, 0.2) is 0 Å². The van der Waals surface area contributed by atoms with Crippen LogP contribution >= 0.6 is 22.9 Å². The summed E-state index contributed by atoms with van der Waals surface area (Å²) in [5.41, 5.74) is 1.05. The van der Waals surface area contributed by atoms with Crippen molar-refractivity contribution in [1.29, 1.82) is 0 Å². The number of nitrogens with one attached hydrogen (secondary N) is 1. The summed E-state index contributed by atoms with van der Waals surface area (Å²) in [6, 6.07) is 16.8. The van der Waals surface area contributed by atoms with Gasteiger partial charge in [-0.1, -0.05) is 23.7 Å². The Labute approximate surface area is 191 Å². The average molecular weight is 455 g/mol. The molecule has 1 aliphatic rings. The van der Waals surface area contributed by atoms with Crippen LogP contribution in [-0.2, 0) is 0 Å². The number of halogens is 1. The van der Waals surface area contributed by atoms with Gasteiger partial charge in [-0.15, -0.1) is 11.3 Å². The molecule has 5 rings (SSSR count). The molecule has 0 aliphatic carbocycles. The van der Waals surface area contributed by atoms with Crippen LogP contribution in [0, 0.1) is 0 Å². The minimum atomic E-state index is -0.517. The second-order valence-electron chi connectivity index (χ2n) is 8.53. The largest absolute Gasteiger partial charge is 0.490 e. The monoisotopic (exact) mass is 454 g/mol. The van der Waals surface area contributed by atoms with E-state index in [1.807, 2.05) is 53.9 Å². The number of fused-ring (bicyclic) bond motifs is 2. The maximum atomic E-state index is 10.6. The molecule has 2 N–H and O–H groups in total. The number of hydrogen-bond donors (Lipinski definition) is 2. The number of piperidine rings is 1. The molecule has 3 atom stereocenters. The van der Waals surface area contributed by atoms with Gasteiger partial charge in [0.25, 0.3) is 0 Å². The van der Waals surface area contributed by atoms with E-state index in [-0.39, 0.29) is 0 Å². The zero-order valence-corrected chi connectivity index (χ0v) is 19.1. The first-order valence-electron chi connectivity index (χ1n) is 10.9. The van der Waals surface area contributed by atoms with E-state index >= 15 is 0 Å². The van der Waals surface area contributed by atoms with Crippen LogP contribution in [0.5, 0.6) is 5.75 Å². The predicted octanol–water partition coefficient (Wildman–Crippen LogP) is 6.04. The van der Waals surface area contributed by atoms with Crippen molar-refractivity contribution in [2.24, 2.45) is 0 Å². The lowest BCUT2D eigenvalue weighted by atomic mass is 9.90. The molecule has 31 heavy (non-hydrogen) atoms. The molecule has 6 heteroatoms. The highest BCUT2D eigenvalue weighted by molar-refractivity contribution is 7.19. The van der Waals surface area contributed by atoms with Crippen LogP contribution in [0.3, 0.4) is 0 Å². The molecule has 0 spiro atoms. The highest BCUT2D eigenvalue weighted by atomic mass is 35.5. The Morgan fingerprint density at radius 2 is 2.10 bits per heavy atom. The molecule has 1 saturated heterocycles. The Morgan fingerprint density at radius 1 is 1.23 bits per heavy atom. The van der Waals surface area contributed by atoms with Crippen molar-refractivity contribution in [2.75, 3.05) is 19.7 Å². The third kappa shape index (κ3) is 4.33. The minimum Gasteiger partial charge on any atom is -0.490 e. The molecule has 0 amide bonds. The van der Waals surface area contributed by atoms with Crippen molar-refractivity contribution in [3.8, 4) is 5.75 Å². The zero-order valence-electron chi connectivity index (χ0n) is 17.6. The van der Waals surface area contributed by atoms with E-state index in [1.54, 1.807) is 0 Å². The predicted molar refractivity (Wildman–Crippen MR) is 130 cm³/mol. The first-order valence-corrected chi connectivity index (χ1v) is 12.1. The molecule has 4 nitrogen and oxygen atoms in total. The van der Waals surface area contributed by atoms with Gasteiger partial charge in [0.1, 0.15) is 18.5 Å². The number of β-amino-alcohol motifs (C(OH)–C–C–N with tert-alkyl or cyclic N) is 1. The molecular formula is C25H27ClN2O2S. The summed E-state index contributed by atoms with van der Waals surface area (Å²) in [6.07, 6.45) is 3.59. The summed E-state index contributed by atoms with van der Waals surface area (Å²) < 4.78 is 7.21. The number of rotatable bonds is 6. The molecule has 1 aliphatic heterocycles. The third-order valence-electron chi connectivity index (χ3n) is 6.37. The topological polar surface area (TPSA) is 48.5 Å². The number of nitrogens with zero attached hydrogens (tertiary/aromatic N) is 1. The number of thiophene rings is 1. The van der Waals surface area contributed by atoms with Crippen molar-refractivity contribution in [1.82, 2.24) is 9.88 Å². The fraction of sp³-hybridized carbons (Fsp3) is 0.360. The standard InChI is InChI=1S/C25H27ClN2O2S/c1-16-12-17(25-13-20-21(26)4-2-7-24(20)31-25)9-11-28(16)14-18(29)15-30-23-6-3-5-22-19(23)8-10-27-22/h2-8,10,13,16-18,27,29H,9,11-12,14-15H2,1H3/t16-,17+,18+/m1/s1. The first kappa shape index (κ1) is 20.8. The number of aromatic nitrogens is 1. The van der Waals surface area contributed by atoms with Crippen LogP contribution in [-0.4, -0.2) is 46.8 Å². The Balaban J connectivity index is 1.18. The summed E-state index contributed by atoms with van der Waals surface area (Å²) in [6.45, 7) is 4.18.